The van der Waals surface area contributed by atoms with E-state index < -0.39 is 11.2 Å². The van der Waals surface area contributed by atoms with Gasteiger partial charge >= 0.3 is 5.69 Å². The predicted molar refractivity (Wildman–Crippen MR) is 73.5 cm³/mol. The van der Waals surface area contributed by atoms with E-state index in [0.717, 1.165) is 19.3 Å². The second-order valence-corrected chi connectivity index (χ2v) is 4.70. The molecule has 106 valence electrons. The lowest BCUT2D eigenvalue weighted by Gasteiger charge is -2.24. The van der Waals surface area contributed by atoms with Crippen molar-refractivity contribution >= 4 is 11.5 Å². The number of H-pyrrole nitrogens is 1. The van der Waals surface area contributed by atoms with Crippen molar-refractivity contribution in [2.24, 2.45) is 0 Å². The normalized spacial score (nSPS) is 16.5. The minimum atomic E-state index is -0.457. The Morgan fingerprint density at radius 1 is 1.42 bits per heavy atom. The molecular weight excluding hydrogens is 248 g/mol. The summed E-state index contributed by atoms with van der Waals surface area (Å²) >= 11 is 0. The van der Waals surface area contributed by atoms with Gasteiger partial charge < -0.3 is 15.8 Å². The van der Waals surface area contributed by atoms with E-state index in [1.54, 1.807) is 0 Å². The van der Waals surface area contributed by atoms with Crippen molar-refractivity contribution in [1.29, 1.82) is 0 Å². The first-order chi connectivity index (χ1) is 9.13. The fraction of sp³-hybridized carbons (Fsp3) is 0.667. The zero-order valence-corrected chi connectivity index (χ0v) is 11.1. The van der Waals surface area contributed by atoms with Gasteiger partial charge in [0.25, 0.3) is 5.56 Å². The summed E-state index contributed by atoms with van der Waals surface area (Å²) in [5, 5.41) is 3.13. The van der Waals surface area contributed by atoms with Crippen LogP contribution in [-0.4, -0.2) is 28.8 Å². The molecule has 1 saturated heterocycles. The van der Waals surface area contributed by atoms with Gasteiger partial charge in [0.05, 0.1) is 0 Å². The highest BCUT2D eigenvalue weighted by molar-refractivity contribution is 5.60. The van der Waals surface area contributed by atoms with Crippen LogP contribution in [0.5, 0.6) is 0 Å². The Morgan fingerprint density at radius 3 is 2.74 bits per heavy atom. The van der Waals surface area contributed by atoms with Crippen LogP contribution in [0.3, 0.4) is 0 Å². The maximum Gasteiger partial charge on any atom is 0.330 e. The standard InChI is InChI=1S/C12H20N4O3/c1-2-5-16-10(13)9(11(17)15-12(16)18)14-8-3-6-19-7-4-8/h8,14H,2-7,13H2,1H3,(H,15,17,18). The summed E-state index contributed by atoms with van der Waals surface area (Å²) < 4.78 is 6.66. The molecule has 0 aromatic carbocycles. The second kappa shape index (κ2) is 5.92. The van der Waals surface area contributed by atoms with Crippen molar-refractivity contribution in [2.75, 3.05) is 24.3 Å². The molecule has 2 rings (SSSR count). The van der Waals surface area contributed by atoms with Gasteiger partial charge in [0.1, 0.15) is 11.5 Å². The Morgan fingerprint density at radius 2 is 2.11 bits per heavy atom. The number of nitrogens with zero attached hydrogens (tertiary/aromatic N) is 1. The zero-order chi connectivity index (χ0) is 13.8. The van der Waals surface area contributed by atoms with E-state index in [1.165, 1.54) is 4.57 Å². The first-order valence-electron chi connectivity index (χ1n) is 6.60. The minimum absolute atomic E-state index is 0.157. The van der Waals surface area contributed by atoms with Crippen molar-refractivity contribution < 1.29 is 4.74 Å². The van der Waals surface area contributed by atoms with Crippen LogP contribution in [0.15, 0.2) is 9.59 Å². The number of nitrogens with one attached hydrogen (secondary N) is 2. The molecule has 1 aromatic heterocycles. The number of ether oxygens (including phenoxy) is 1. The maximum atomic E-state index is 11.8. The fourth-order valence-electron chi connectivity index (χ4n) is 2.22. The molecular formula is C12H20N4O3. The molecule has 0 spiro atoms. The molecule has 0 saturated carbocycles. The van der Waals surface area contributed by atoms with Crippen molar-refractivity contribution in [3.63, 3.8) is 0 Å². The molecule has 0 radical (unpaired) electrons. The predicted octanol–water partition coefficient (Wildman–Crippen LogP) is 0.120. The first-order valence-corrected chi connectivity index (χ1v) is 6.60. The average Bonchev–Trinajstić information content (AvgIpc) is 2.41. The summed E-state index contributed by atoms with van der Waals surface area (Å²) in [5.41, 5.74) is 5.32. The van der Waals surface area contributed by atoms with Crippen LogP contribution in [0.2, 0.25) is 0 Å². The number of anilines is 2. The molecule has 19 heavy (non-hydrogen) atoms. The third-order valence-electron chi connectivity index (χ3n) is 3.26. The van der Waals surface area contributed by atoms with Crippen molar-refractivity contribution in [3.8, 4) is 0 Å². The van der Waals surface area contributed by atoms with E-state index in [2.05, 4.69) is 10.3 Å². The molecule has 2 heterocycles. The van der Waals surface area contributed by atoms with Crippen LogP contribution in [0.4, 0.5) is 11.5 Å². The van der Waals surface area contributed by atoms with Crippen LogP contribution in [-0.2, 0) is 11.3 Å². The van der Waals surface area contributed by atoms with Crippen molar-refractivity contribution in [1.82, 2.24) is 9.55 Å². The summed E-state index contributed by atoms with van der Waals surface area (Å²) in [6, 6.07) is 0.157. The Balaban J connectivity index is 2.30. The van der Waals surface area contributed by atoms with Gasteiger partial charge in [0.2, 0.25) is 0 Å². The number of rotatable bonds is 4. The van der Waals surface area contributed by atoms with E-state index in [9.17, 15) is 9.59 Å². The van der Waals surface area contributed by atoms with Gasteiger partial charge in [0.15, 0.2) is 0 Å². The van der Waals surface area contributed by atoms with E-state index in [-0.39, 0.29) is 11.9 Å². The van der Waals surface area contributed by atoms with Crippen LogP contribution in [0, 0.1) is 0 Å². The van der Waals surface area contributed by atoms with Gasteiger partial charge in [-0.2, -0.15) is 0 Å². The van der Waals surface area contributed by atoms with Gasteiger partial charge in [0, 0.05) is 25.8 Å². The molecule has 1 aliphatic rings. The molecule has 0 amide bonds. The van der Waals surface area contributed by atoms with Gasteiger partial charge in [-0.3, -0.25) is 14.3 Å². The molecule has 7 nitrogen and oxygen atoms in total. The molecule has 7 heteroatoms. The number of nitrogens with two attached hydrogens (primary N) is 1. The van der Waals surface area contributed by atoms with Gasteiger partial charge in [-0.25, -0.2) is 4.79 Å². The molecule has 0 aliphatic carbocycles. The SMILES string of the molecule is CCCn1c(N)c(NC2CCOCC2)c(=O)[nH]c1=O. The number of nitrogen functional groups attached to an aromatic ring is 1. The quantitative estimate of drug-likeness (QED) is 0.720. The number of aromatic amines is 1. The third kappa shape index (κ3) is 2.98. The summed E-state index contributed by atoms with van der Waals surface area (Å²) in [5.74, 6) is 0.210. The number of hydrogen-bond acceptors (Lipinski definition) is 5. The molecule has 1 aliphatic heterocycles. The van der Waals surface area contributed by atoms with Gasteiger partial charge in [-0.1, -0.05) is 6.92 Å². The summed E-state index contributed by atoms with van der Waals surface area (Å²) in [7, 11) is 0. The topological polar surface area (TPSA) is 102 Å². The lowest BCUT2D eigenvalue weighted by Crippen LogP contribution is -2.37. The number of hydrogen-bond donors (Lipinski definition) is 3. The van der Waals surface area contributed by atoms with Crippen molar-refractivity contribution in [3.05, 3.63) is 20.8 Å². The van der Waals surface area contributed by atoms with E-state index in [1.807, 2.05) is 6.92 Å². The molecule has 0 bridgehead atoms. The second-order valence-electron chi connectivity index (χ2n) is 4.70. The highest BCUT2D eigenvalue weighted by Crippen LogP contribution is 2.16. The van der Waals surface area contributed by atoms with E-state index >= 15 is 0 Å². The van der Waals surface area contributed by atoms with Gasteiger partial charge in [-0.05, 0) is 19.3 Å². The van der Waals surface area contributed by atoms with E-state index in [4.69, 9.17) is 10.5 Å². The van der Waals surface area contributed by atoms with Crippen LogP contribution >= 0.6 is 0 Å². The Hall–Kier alpha value is -1.76. The molecule has 1 fully saturated rings. The molecule has 1 aromatic rings. The van der Waals surface area contributed by atoms with Crippen LogP contribution in [0.1, 0.15) is 26.2 Å². The van der Waals surface area contributed by atoms with Crippen molar-refractivity contribution in [2.45, 2.75) is 38.8 Å². The Bertz CT molecular complexity index is 543. The summed E-state index contributed by atoms with van der Waals surface area (Å²) in [6.07, 6.45) is 2.42. The lowest BCUT2D eigenvalue weighted by atomic mass is 10.1. The maximum absolute atomic E-state index is 11.8. The third-order valence-corrected chi connectivity index (χ3v) is 3.26. The average molecular weight is 268 g/mol. The van der Waals surface area contributed by atoms with E-state index in [0.29, 0.717) is 25.4 Å². The zero-order valence-electron chi connectivity index (χ0n) is 11.1. The Labute approximate surface area is 110 Å². The monoisotopic (exact) mass is 268 g/mol. The van der Waals surface area contributed by atoms with Crippen LogP contribution in [0.25, 0.3) is 0 Å². The number of aromatic nitrogens is 2. The molecule has 4 N–H and O–H groups in total. The Kier molecular flexibility index (Phi) is 4.26. The largest absolute Gasteiger partial charge is 0.383 e. The molecule has 0 atom stereocenters. The highest BCUT2D eigenvalue weighted by Gasteiger charge is 2.18. The summed E-state index contributed by atoms with van der Waals surface area (Å²) in [4.78, 5) is 25.8. The molecule has 0 unspecified atom stereocenters. The fourth-order valence-corrected chi connectivity index (χ4v) is 2.22. The minimum Gasteiger partial charge on any atom is -0.383 e. The smallest absolute Gasteiger partial charge is 0.330 e. The van der Waals surface area contributed by atoms with Crippen LogP contribution < -0.4 is 22.3 Å². The summed E-state index contributed by atoms with van der Waals surface area (Å²) in [6.45, 7) is 3.78. The first kappa shape index (κ1) is 13.7. The van der Waals surface area contributed by atoms with Gasteiger partial charge in [-0.15, -0.1) is 0 Å². The highest BCUT2D eigenvalue weighted by atomic mass is 16.5. The lowest BCUT2D eigenvalue weighted by molar-refractivity contribution is 0.0904.